The van der Waals surface area contributed by atoms with E-state index in [9.17, 15) is 0 Å². The van der Waals surface area contributed by atoms with E-state index in [0.717, 1.165) is 11.4 Å². The van der Waals surface area contributed by atoms with Crippen LogP contribution in [0.2, 0.25) is 13.1 Å². The van der Waals surface area contributed by atoms with E-state index in [1.165, 1.54) is 21.8 Å². The van der Waals surface area contributed by atoms with E-state index in [1.807, 2.05) is 0 Å². The lowest BCUT2D eigenvalue weighted by Crippen LogP contribution is -2.49. The second kappa shape index (κ2) is 5.06. The van der Waals surface area contributed by atoms with Gasteiger partial charge in [0.1, 0.15) is 22.2 Å². The Morgan fingerprint density at radius 1 is 1.09 bits per heavy atom. The van der Waals surface area contributed by atoms with Crippen molar-refractivity contribution in [2.75, 3.05) is 33.1 Å². The summed E-state index contributed by atoms with van der Waals surface area (Å²) in [5, 5.41) is 2.87. The molecule has 0 aromatic heterocycles. The van der Waals surface area contributed by atoms with Gasteiger partial charge in [-0.2, -0.15) is 0 Å². The van der Waals surface area contributed by atoms with Gasteiger partial charge >= 0.3 is 0 Å². The number of rotatable bonds is 1. The summed E-state index contributed by atoms with van der Waals surface area (Å²) in [7, 11) is 6.63. The minimum Gasteiger partial charge on any atom is -0.378 e. The highest BCUT2D eigenvalue weighted by Crippen LogP contribution is 2.32. The van der Waals surface area contributed by atoms with Gasteiger partial charge in [-0.05, 0) is 34.7 Å². The molecule has 0 N–H and O–H groups in total. The molecule has 0 atom stereocenters. The predicted octanol–water partition coefficient (Wildman–Crippen LogP) is 2.50. The van der Waals surface area contributed by atoms with E-state index < -0.39 is 8.07 Å². The van der Waals surface area contributed by atoms with Crippen LogP contribution in [0.1, 0.15) is 0 Å². The van der Waals surface area contributed by atoms with Gasteiger partial charge in [0, 0.05) is 31.9 Å². The number of aliphatic imine (C=N–C) groups is 1. The molecule has 2 aliphatic rings. The van der Waals surface area contributed by atoms with Crippen LogP contribution in [-0.2, 0) is 0 Å². The number of hydrogen-bond donors (Lipinski definition) is 0. The Hall–Kier alpha value is -1.94. The third-order valence-electron chi connectivity index (χ3n) is 4.58. The third kappa shape index (κ3) is 2.27. The number of benzene rings is 1. The maximum atomic E-state index is 4.90. The molecule has 0 spiro atoms. The normalized spacial score (nSPS) is 18.2. The molecule has 0 fully saturated rings. The lowest BCUT2D eigenvalue weighted by molar-refractivity contribution is -0.462. The minimum atomic E-state index is -1.73. The van der Waals surface area contributed by atoms with Gasteiger partial charge in [-0.1, -0.05) is 13.1 Å². The van der Waals surface area contributed by atoms with Crippen LogP contribution in [0, 0.1) is 0 Å². The molecule has 1 aliphatic heterocycles. The Balaban J connectivity index is 2.22. The van der Waals surface area contributed by atoms with Gasteiger partial charge in [-0.3, -0.25) is 0 Å². The van der Waals surface area contributed by atoms with Gasteiger partial charge in [0.2, 0.25) is 0 Å². The van der Waals surface area contributed by atoms with Crippen molar-refractivity contribution in [3.8, 4) is 0 Å². The SMILES string of the molecule is CN(C)c1ccc2c(c1)[Si](C)(C)C1=CC(=[N+](C)C)C=CC1=N2. The summed E-state index contributed by atoms with van der Waals surface area (Å²) in [5.74, 6) is 0. The van der Waals surface area contributed by atoms with Gasteiger partial charge in [0.05, 0.1) is 11.4 Å². The fourth-order valence-corrected chi connectivity index (χ4v) is 5.94. The summed E-state index contributed by atoms with van der Waals surface area (Å²) in [6.45, 7) is 4.86. The minimum absolute atomic E-state index is 1.15. The van der Waals surface area contributed by atoms with Crippen molar-refractivity contribution < 1.29 is 4.58 Å². The maximum absolute atomic E-state index is 4.90. The molecule has 3 rings (SSSR count). The highest BCUT2D eigenvalue weighted by Gasteiger charge is 2.38. The quantitative estimate of drug-likeness (QED) is 0.443. The van der Waals surface area contributed by atoms with Crippen LogP contribution in [0.5, 0.6) is 0 Å². The first kappa shape index (κ1) is 15.0. The third-order valence-corrected chi connectivity index (χ3v) is 8.07. The molecule has 0 amide bonds. The molecule has 1 aromatic rings. The van der Waals surface area contributed by atoms with E-state index in [0.29, 0.717) is 0 Å². The van der Waals surface area contributed by atoms with Crippen LogP contribution in [-0.4, -0.2) is 52.3 Å². The Morgan fingerprint density at radius 2 is 1.82 bits per heavy atom. The molecule has 114 valence electrons. The van der Waals surface area contributed by atoms with Gasteiger partial charge in [-0.25, -0.2) is 9.57 Å². The number of anilines is 1. The standard InChI is InChI=1S/C18H24N3Si/c1-20(2)13-7-9-15-17(11-13)22(5,6)18-12-14(21(3)4)8-10-16(18)19-15/h7-12H,1-6H3/q+1. The zero-order valence-corrected chi connectivity index (χ0v) is 15.3. The first-order chi connectivity index (χ1) is 10.3. The van der Waals surface area contributed by atoms with Crippen molar-refractivity contribution in [2.45, 2.75) is 13.1 Å². The topological polar surface area (TPSA) is 18.6 Å². The van der Waals surface area contributed by atoms with Gasteiger partial charge in [0.25, 0.3) is 0 Å². The average molecular weight is 310 g/mol. The highest BCUT2D eigenvalue weighted by atomic mass is 28.3. The number of fused-ring (bicyclic) bond motifs is 2. The summed E-state index contributed by atoms with van der Waals surface area (Å²) in [5.41, 5.74) is 4.79. The van der Waals surface area contributed by atoms with Crippen LogP contribution >= 0.6 is 0 Å². The molecule has 3 nitrogen and oxygen atoms in total. The van der Waals surface area contributed by atoms with Crippen molar-refractivity contribution in [1.82, 2.24) is 0 Å². The molecule has 22 heavy (non-hydrogen) atoms. The largest absolute Gasteiger partial charge is 0.378 e. The number of hydrogen-bond acceptors (Lipinski definition) is 2. The molecule has 1 heterocycles. The van der Waals surface area contributed by atoms with Gasteiger partial charge in [-0.15, -0.1) is 0 Å². The lowest BCUT2D eigenvalue weighted by atomic mass is 10.1. The predicted molar refractivity (Wildman–Crippen MR) is 99.3 cm³/mol. The lowest BCUT2D eigenvalue weighted by Gasteiger charge is -2.33. The van der Waals surface area contributed by atoms with Crippen molar-refractivity contribution >= 4 is 36.1 Å². The fraction of sp³-hybridized carbons (Fsp3) is 0.333. The van der Waals surface area contributed by atoms with Gasteiger partial charge in [0.15, 0.2) is 5.71 Å². The molecular weight excluding hydrogens is 286 g/mol. The smallest absolute Gasteiger partial charge is 0.199 e. The van der Waals surface area contributed by atoms with Crippen molar-refractivity contribution in [2.24, 2.45) is 4.99 Å². The first-order valence-corrected chi connectivity index (χ1v) is 10.7. The van der Waals surface area contributed by atoms with Crippen molar-refractivity contribution in [3.63, 3.8) is 0 Å². The van der Waals surface area contributed by atoms with Crippen LogP contribution in [0.3, 0.4) is 0 Å². The second-order valence-corrected chi connectivity index (χ2v) is 11.3. The second-order valence-electron chi connectivity index (χ2n) is 6.93. The summed E-state index contributed by atoms with van der Waals surface area (Å²) < 4.78 is 2.16. The zero-order chi connectivity index (χ0) is 16.1. The van der Waals surface area contributed by atoms with Crippen molar-refractivity contribution in [3.05, 3.63) is 41.6 Å². The summed E-state index contributed by atoms with van der Waals surface area (Å²) >= 11 is 0. The van der Waals surface area contributed by atoms with E-state index in [1.54, 1.807) is 0 Å². The summed E-state index contributed by atoms with van der Waals surface area (Å²) in [6, 6.07) is 6.66. The van der Waals surface area contributed by atoms with E-state index >= 15 is 0 Å². The maximum Gasteiger partial charge on any atom is 0.199 e. The Kier molecular flexibility index (Phi) is 3.44. The molecule has 0 radical (unpaired) electrons. The van der Waals surface area contributed by atoms with E-state index in [-0.39, 0.29) is 0 Å². The number of nitrogens with zero attached hydrogens (tertiary/aromatic N) is 3. The van der Waals surface area contributed by atoms with E-state index in [4.69, 9.17) is 4.99 Å². The fourth-order valence-electron chi connectivity index (χ4n) is 3.08. The first-order valence-electron chi connectivity index (χ1n) is 7.66. The molecule has 0 saturated heterocycles. The van der Waals surface area contributed by atoms with Crippen LogP contribution in [0.15, 0.2) is 46.6 Å². The zero-order valence-electron chi connectivity index (χ0n) is 14.3. The van der Waals surface area contributed by atoms with Gasteiger partial charge < -0.3 is 4.90 Å². The van der Waals surface area contributed by atoms with E-state index in [2.05, 4.69) is 87.2 Å². The molecule has 0 saturated carbocycles. The summed E-state index contributed by atoms with van der Waals surface area (Å²) in [4.78, 5) is 7.07. The monoisotopic (exact) mass is 310 g/mol. The number of allylic oxidation sites excluding steroid dienone is 4. The van der Waals surface area contributed by atoms with Crippen molar-refractivity contribution in [1.29, 1.82) is 0 Å². The van der Waals surface area contributed by atoms with Crippen LogP contribution < -0.4 is 10.1 Å². The van der Waals surface area contributed by atoms with Crippen LogP contribution in [0.4, 0.5) is 11.4 Å². The van der Waals surface area contributed by atoms with Crippen LogP contribution in [0.25, 0.3) is 0 Å². The average Bonchev–Trinajstić information content (AvgIpc) is 2.46. The highest BCUT2D eigenvalue weighted by molar-refractivity contribution is 7.01. The molecule has 1 aromatic carbocycles. The Labute approximate surface area is 134 Å². The molecule has 1 aliphatic carbocycles. The Bertz CT molecular complexity index is 761. The molecule has 4 heteroatoms. The Morgan fingerprint density at radius 3 is 2.45 bits per heavy atom. The molecule has 0 bridgehead atoms. The molecular formula is C18H24N3Si+. The summed E-state index contributed by atoms with van der Waals surface area (Å²) in [6.07, 6.45) is 6.66. The molecule has 0 unspecified atom stereocenters.